The number of hydrogen-bond donors (Lipinski definition) is 2. The van der Waals surface area contributed by atoms with Gasteiger partial charge < -0.3 is 15.5 Å². The Morgan fingerprint density at radius 2 is 1.92 bits per heavy atom. The summed E-state index contributed by atoms with van der Waals surface area (Å²) in [6.45, 7) is 14.4. The number of nitrogens with one attached hydrogen (secondary N) is 2. The molecule has 0 saturated carbocycles. The molecular formula is C19H37N5O. The number of amides is 1. The van der Waals surface area contributed by atoms with Crippen LogP contribution in [0.25, 0.3) is 0 Å². The first-order valence-corrected chi connectivity index (χ1v) is 10.1. The zero-order valence-corrected chi connectivity index (χ0v) is 16.6. The fourth-order valence-corrected chi connectivity index (χ4v) is 3.85. The fraction of sp³-hybridized carbons (Fsp3) is 0.895. The largest absolute Gasteiger partial charge is 0.357 e. The van der Waals surface area contributed by atoms with Gasteiger partial charge in [0.15, 0.2) is 5.96 Å². The molecule has 25 heavy (non-hydrogen) atoms. The van der Waals surface area contributed by atoms with Gasteiger partial charge in [0.25, 0.3) is 0 Å². The van der Waals surface area contributed by atoms with E-state index in [0.717, 1.165) is 38.6 Å². The van der Waals surface area contributed by atoms with Gasteiger partial charge in [-0.05, 0) is 45.2 Å². The van der Waals surface area contributed by atoms with Gasteiger partial charge in [-0.3, -0.25) is 14.7 Å². The quantitative estimate of drug-likeness (QED) is 0.541. The van der Waals surface area contributed by atoms with Crippen LogP contribution in [0.4, 0.5) is 0 Å². The van der Waals surface area contributed by atoms with Gasteiger partial charge in [0.05, 0.1) is 6.54 Å². The Kier molecular flexibility index (Phi) is 8.00. The zero-order chi connectivity index (χ0) is 18.2. The predicted molar refractivity (Wildman–Crippen MR) is 104 cm³/mol. The van der Waals surface area contributed by atoms with Crippen molar-refractivity contribution >= 4 is 11.9 Å². The zero-order valence-electron chi connectivity index (χ0n) is 16.6. The molecule has 0 aromatic rings. The van der Waals surface area contributed by atoms with E-state index in [4.69, 9.17) is 4.99 Å². The predicted octanol–water partition coefficient (Wildman–Crippen LogP) is 1.67. The first-order chi connectivity index (χ1) is 12.0. The molecule has 0 aromatic carbocycles. The van der Waals surface area contributed by atoms with E-state index >= 15 is 0 Å². The lowest BCUT2D eigenvalue weighted by Crippen LogP contribution is -2.46. The Balaban J connectivity index is 1.92. The van der Waals surface area contributed by atoms with Crippen LogP contribution in [0.5, 0.6) is 0 Å². The summed E-state index contributed by atoms with van der Waals surface area (Å²) in [5.41, 5.74) is 0. The van der Waals surface area contributed by atoms with Crippen LogP contribution in [0.15, 0.2) is 4.99 Å². The normalized spacial score (nSPS) is 23.3. The van der Waals surface area contributed by atoms with Crippen molar-refractivity contribution < 1.29 is 4.79 Å². The number of carbonyl (C=O) groups excluding carboxylic acids is 1. The molecule has 2 unspecified atom stereocenters. The van der Waals surface area contributed by atoms with Crippen LogP contribution < -0.4 is 10.6 Å². The van der Waals surface area contributed by atoms with Gasteiger partial charge in [0.2, 0.25) is 5.91 Å². The number of nitrogens with zero attached hydrogens (tertiary/aromatic N) is 3. The van der Waals surface area contributed by atoms with Crippen molar-refractivity contribution in [2.45, 2.75) is 65.5 Å². The second kappa shape index (κ2) is 10.00. The molecule has 144 valence electrons. The lowest BCUT2D eigenvalue weighted by atomic mass is 10.0. The van der Waals surface area contributed by atoms with Crippen LogP contribution in [-0.4, -0.2) is 73.0 Å². The molecule has 6 heteroatoms. The van der Waals surface area contributed by atoms with E-state index in [9.17, 15) is 4.79 Å². The molecule has 6 nitrogen and oxygen atoms in total. The summed E-state index contributed by atoms with van der Waals surface area (Å²) in [5, 5.41) is 6.91. The van der Waals surface area contributed by atoms with Gasteiger partial charge in [0, 0.05) is 38.1 Å². The topological polar surface area (TPSA) is 60.0 Å². The molecule has 2 N–H and O–H groups in total. The molecule has 2 atom stereocenters. The summed E-state index contributed by atoms with van der Waals surface area (Å²) >= 11 is 0. The molecule has 2 rings (SSSR count). The SMILES string of the molecule is CCNC(=NCC(C(C)C)N1CCCC1)NC1CCN(C(=O)CC)C1. The number of rotatable bonds is 7. The van der Waals surface area contributed by atoms with Crippen LogP contribution in [0.1, 0.15) is 53.4 Å². The molecule has 0 spiro atoms. The number of guanidine groups is 1. The molecule has 2 heterocycles. The maximum atomic E-state index is 11.9. The summed E-state index contributed by atoms with van der Waals surface area (Å²) in [7, 11) is 0. The first kappa shape index (κ1) is 20.0. The standard InChI is InChI=1S/C19H37N5O/c1-5-18(25)24-12-9-16(14-24)22-19(20-6-2)21-13-17(15(3)4)23-10-7-8-11-23/h15-17H,5-14H2,1-4H3,(H2,20,21,22). The van der Waals surface area contributed by atoms with Gasteiger partial charge in [-0.2, -0.15) is 0 Å². The second-order valence-corrected chi connectivity index (χ2v) is 7.60. The third-order valence-corrected chi connectivity index (χ3v) is 5.34. The van der Waals surface area contributed by atoms with E-state index in [-0.39, 0.29) is 5.91 Å². The maximum absolute atomic E-state index is 11.9. The summed E-state index contributed by atoms with van der Waals surface area (Å²) in [4.78, 5) is 21.3. The minimum Gasteiger partial charge on any atom is -0.357 e. The molecule has 0 radical (unpaired) electrons. The van der Waals surface area contributed by atoms with Crippen LogP contribution >= 0.6 is 0 Å². The van der Waals surface area contributed by atoms with Crippen molar-refractivity contribution in [3.05, 3.63) is 0 Å². The third kappa shape index (κ3) is 5.87. The van der Waals surface area contributed by atoms with Crippen molar-refractivity contribution in [1.29, 1.82) is 0 Å². The van der Waals surface area contributed by atoms with Crippen LogP contribution in [0, 0.1) is 5.92 Å². The number of hydrogen-bond acceptors (Lipinski definition) is 3. The highest BCUT2D eigenvalue weighted by molar-refractivity contribution is 5.80. The van der Waals surface area contributed by atoms with Crippen molar-refractivity contribution in [1.82, 2.24) is 20.4 Å². The van der Waals surface area contributed by atoms with Gasteiger partial charge in [-0.25, -0.2) is 0 Å². The van der Waals surface area contributed by atoms with Crippen LogP contribution in [0.2, 0.25) is 0 Å². The van der Waals surface area contributed by atoms with E-state index in [1.807, 2.05) is 11.8 Å². The summed E-state index contributed by atoms with van der Waals surface area (Å²) < 4.78 is 0. The molecule has 2 aliphatic heterocycles. The molecular weight excluding hydrogens is 314 g/mol. The third-order valence-electron chi connectivity index (χ3n) is 5.34. The van der Waals surface area contributed by atoms with E-state index < -0.39 is 0 Å². The lowest BCUT2D eigenvalue weighted by molar-refractivity contribution is -0.129. The van der Waals surface area contributed by atoms with Gasteiger partial charge in [0.1, 0.15) is 0 Å². The van der Waals surface area contributed by atoms with E-state index in [2.05, 4.69) is 36.3 Å². The molecule has 2 fully saturated rings. The van der Waals surface area contributed by atoms with Crippen molar-refractivity contribution in [2.24, 2.45) is 10.9 Å². The smallest absolute Gasteiger partial charge is 0.222 e. The minimum absolute atomic E-state index is 0.250. The Morgan fingerprint density at radius 3 is 2.52 bits per heavy atom. The Hall–Kier alpha value is -1.30. The average molecular weight is 352 g/mol. The van der Waals surface area contributed by atoms with Crippen molar-refractivity contribution in [3.8, 4) is 0 Å². The molecule has 0 aliphatic carbocycles. The Morgan fingerprint density at radius 1 is 1.20 bits per heavy atom. The average Bonchev–Trinajstić information content (AvgIpc) is 3.26. The van der Waals surface area contributed by atoms with Gasteiger partial charge in [-0.15, -0.1) is 0 Å². The number of carbonyl (C=O) groups is 1. The van der Waals surface area contributed by atoms with E-state index in [0.29, 0.717) is 24.4 Å². The Bertz CT molecular complexity index is 445. The number of aliphatic imine (C=N–C) groups is 1. The van der Waals surface area contributed by atoms with E-state index in [1.165, 1.54) is 25.9 Å². The first-order valence-electron chi connectivity index (χ1n) is 10.1. The summed E-state index contributed by atoms with van der Waals surface area (Å²) in [6.07, 6.45) is 4.21. The highest BCUT2D eigenvalue weighted by Gasteiger charge is 2.27. The van der Waals surface area contributed by atoms with E-state index in [1.54, 1.807) is 0 Å². The highest BCUT2D eigenvalue weighted by atomic mass is 16.2. The molecule has 2 aliphatic rings. The lowest BCUT2D eigenvalue weighted by Gasteiger charge is -2.30. The second-order valence-electron chi connectivity index (χ2n) is 7.60. The minimum atomic E-state index is 0.250. The fourth-order valence-electron chi connectivity index (χ4n) is 3.85. The Labute approximate surface area is 153 Å². The van der Waals surface area contributed by atoms with Crippen LogP contribution in [-0.2, 0) is 4.79 Å². The number of likely N-dealkylation sites (tertiary alicyclic amines) is 2. The molecule has 0 bridgehead atoms. The van der Waals surface area contributed by atoms with Crippen molar-refractivity contribution in [3.63, 3.8) is 0 Å². The van der Waals surface area contributed by atoms with Gasteiger partial charge in [-0.1, -0.05) is 20.8 Å². The monoisotopic (exact) mass is 351 g/mol. The maximum Gasteiger partial charge on any atom is 0.222 e. The van der Waals surface area contributed by atoms with Gasteiger partial charge >= 0.3 is 0 Å². The van der Waals surface area contributed by atoms with Crippen molar-refractivity contribution in [2.75, 3.05) is 39.3 Å². The molecule has 0 aromatic heterocycles. The highest BCUT2D eigenvalue weighted by Crippen LogP contribution is 2.18. The summed E-state index contributed by atoms with van der Waals surface area (Å²) in [5.74, 6) is 1.75. The molecule has 1 amide bonds. The molecule has 2 saturated heterocycles. The summed E-state index contributed by atoms with van der Waals surface area (Å²) in [6, 6.07) is 0.817. The van der Waals surface area contributed by atoms with Crippen LogP contribution in [0.3, 0.4) is 0 Å².